The highest BCUT2D eigenvalue weighted by Crippen LogP contribution is 2.25. The van der Waals surface area contributed by atoms with E-state index < -0.39 is 0 Å². The minimum absolute atomic E-state index is 0.0984. The molecular weight excluding hydrogens is 324 g/mol. The molecule has 1 rings (SSSR count). The maximum absolute atomic E-state index is 6.47. The molecule has 0 N–H and O–H groups in total. The molecule has 1 atom stereocenters. The Morgan fingerprint density at radius 1 is 0.840 bits per heavy atom. The molecule has 0 aromatic heterocycles. The second kappa shape index (κ2) is 14.4. The number of aryl methyl sites for hydroxylation is 1. The molecule has 0 radical (unpaired) electrons. The molecular formula is C24H39Cl. The highest BCUT2D eigenvalue weighted by Gasteiger charge is 2.06. The minimum Gasteiger partial charge on any atom is -0.117 e. The van der Waals surface area contributed by atoms with Gasteiger partial charge in [0.2, 0.25) is 0 Å². The van der Waals surface area contributed by atoms with Crippen LogP contribution in [-0.2, 0) is 6.42 Å². The number of unbranched alkanes of at least 4 members (excludes halogenated alkanes) is 9. The van der Waals surface area contributed by atoms with Crippen LogP contribution in [0.1, 0.15) is 108 Å². The van der Waals surface area contributed by atoms with Gasteiger partial charge < -0.3 is 0 Å². The third kappa shape index (κ3) is 11.5. The van der Waals surface area contributed by atoms with Crippen LogP contribution in [0.15, 0.2) is 35.9 Å². The van der Waals surface area contributed by atoms with Crippen LogP contribution in [-0.4, -0.2) is 0 Å². The lowest BCUT2D eigenvalue weighted by Gasteiger charge is -2.09. The van der Waals surface area contributed by atoms with Gasteiger partial charge in [0.15, 0.2) is 0 Å². The van der Waals surface area contributed by atoms with E-state index in [2.05, 4.69) is 51.1 Å². The maximum Gasteiger partial charge on any atom is 0.0619 e. The zero-order valence-corrected chi connectivity index (χ0v) is 17.6. The van der Waals surface area contributed by atoms with Crippen molar-refractivity contribution in [1.82, 2.24) is 0 Å². The second-order valence-corrected chi connectivity index (χ2v) is 8.19. The molecule has 0 aliphatic carbocycles. The van der Waals surface area contributed by atoms with Crippen molar-refractivity contribution in [1.29, 1.82) is 0 Å². The Balaban J connectivity index is 2.10. The van der Waals surface area contributed by atoms with Gasteiger partial charge in [-0.1, -0.05) is 101 Å². The highest BCUT2D eigenvalue weighted by molar-refractivity contribution is 6.20. The molecule has 142 valence electrons. The first kappa shape index (κ1) is 22.3. The van der Waals surface area contributed by atoms with E-state index in [-0.39, 0.29) is 5.38 Å². The van der Waals surface area contributed by atoms with E-state index in [4.69, 9.17) is 11.6 Å². The van der Waals surface area contributed by atoms with Crippen molar-refractivity contribution in [2.75, 3.05) is 0 Å². The summed E-state index contributed by atoms with van der Waals surface area (Å²) in [4.78, 5) is 0. The zero-order valence-electron chi connectivity index (χ0n) is 16.8. The quantitative estimate of drug-likeness (QED) is 0.176. The fraction of sp³-hybridized carbons (Fsp3) is 0.667. The molecule has 1 unspecified atom stereocenters. The summed E-state index contributed by atoms with van der Waals surface area (Å²) in [6.45, 7) is 6.53. The number of halogens is 1. The fourth-order valence-corrected chi connectivity index (χ4v) is 3.42. The molecule has 0 spiro atoms. The SMILES string of the molecule is CCCCCCCCCCCCc1ccc(C(Cl)CC=C(C)C)cc1. The third-order valence-electron chi connectivity index (χ3n) is 4.89. The number of alkyl halides is 1. The predicted octanol–water partition coefficient (Wildman–Crippen LogP) is 8.79. The Kier molecular flexibility index (Phi) is 12.9. The third-order valence-corrected chi connectivity index (χ3v) is 5.32. The van der Waals surface area contributed by atoms with E-state index in [1.165, 1.54) is 87.3 Å². The molecule has 0 nitrogen and oxygen atoms in total. The Labute approximate surface area is 162 Å². The topological polar surface area (TPSA) is 0 Å². The van der Waals surface area contributed by atoms with Gasteiger partial charge in [0.1, 0.15) is 0 Å². The summed E-state index contributed by atoms with van der Waals surface area (Å²) in [5.74, 6) is 0. The first-order valence-corrected chi connectivity index (χ1v) is 10.9. The highest BCUT2D eigenvalue weighted by atomic mass is 35.5. The molecule has 0 amide bonds. The molecule has 0 fully saturated rings. The van der Waals surface area contributed by atoms with E-state index >= 15 is 0 Å². The van der Waals surface area contributed by atoms with Crippen LogP contribution < -0.4 is 0 Å². The van der Waals surface area contributed by atoms with E-state index in [1.807, 2.05) is 0 Å². The molecule has 0 bridgehead atoms. The fourth-order valence-electron chi connectivity index (χ4n) is 3.18. The summed E-state index contributed by atoms with van der Waals surface area (Å²) in [5, 5.41) is 0.0984. The van der Waals surface area contributed by atoms with Crippen LogP contribution in [0.2, 0.25) is 0 Å². The molecule has 1 aromatic rings. The Morgan fingerprint density at radius 3 is 1.88 bits per heavy atom. The van der Waals surface area contributed by atoms with Crippen molar-refractivity contribution in [3.63, 3.8) is 0 Å². The van der Waals surface area contributed by atoms with Crippen LogP contribution in [0, 0.1) is 0 Å². The van der Waals surface area contributed by atoms with Crippen molar-refractivity contribution in [2.24, 2.45) is 0 Å². The zero-order chi connectivity index (χ0) is 18.3. The lowest BCUT2D eigenvalue weighted by Crippen LogP contribution is -1.91. The molecule has 1 heteroatoms. The van der Waals surface area contributed by atoms with Gasteiger partial charge in [-0.2, -0.15) is 0 Å². The van der Waals surface area contributed by atoms with Crippen LogP contribution in [0.5, 0.6) is 0 Å². The van der Waals surface area contributed by atoms with Gasteiger partial charge in [0.05, 0.1) is 5.38 Å². The molecule has 0 aliphatic heterocycles. The number of rotatable bonds is 14. The Morgan fingerprint density at radius 2 is 1.36 bits per heavy atom. The number of allylic oxidation sites excluding steroid dienone is 2. The minimum atomic E-state index is 0.0984. The summed E-state index contributed by atoms with van der Waals surface area (Å²) in [6, 6.07) is 8.95. The average Bonchev–Trinajstić information content (AvgIpc) is 2.61. The van der Waals surface area contributed by atoms with Gasteiger partial charge in [0, 0.05) is 0 Å². The van der Waals surface area contributed by atoms with Crippen molar-refractivity contribution in [2.45, 2.75) is 103 Å². The monoisotopic (exact) mass is 362 g/mol. The van der Waals surface area contributed by atoms with Crippen LogP contribution in [0.25, 0.3) is 0 Å². The molecule has 25 heavy (non-hydrogen) atoms. The maximum atomic E-state index is 6.47. The van der Waals surface area contributed by atoms with E-state index in [9.17, 15) is 0 Å². The Bertz CT molecular complexity index is 453. The number of benzene rings is 1. The van der Waals surface area contributed by atoms with Crippen LogP contribution >= 0.6 is 11.6 Å². The van der Waals surface area contributed by atoms with Crippen molar-refractivity contribution >= 4 is 11.6 Å². The summed E-state index contributed by atoms with van der Waals surface area (Å²) < 4.78 is 0. The van der Waals surface area contributed by atoms with Gasteiger partial charge >= 0.3 is 0 Å². The van der Waals surface area contributed by atoms with Gasteiger partial charge in [-0.15, -0.1) is 11.6 Å². The Hall–Kier alpha value is -0.750. The summed E-state index contributed by atoms with van der Waals surface area (Å²) in [5.41, 5.74) is 4.03. The normalized spacial score (nSPS) is 12.2. The summed E-state index contributed by atoms with van der Waals surface area (Å²) >= 11 is 6.47. The molecule has 0 saturated carbocycles. The second-order valence-electron chi connectivity index (χ2n) is 7.66. The number of hydrogen-bond donors (Lipinski definition) is 0. The predicted molar refractivity (Wildman–Crippen MR) is 115 cm³/mol. The van der Waals surface area contributed by atoms with E-state index in [1.54, 1.807) is 0 Å². The summed E-state index contributed by atoms with van der Waals surface area (Å²) in [7, 11) is 0. The molecule has 0 saturated heterocycles. The van der Waals surface area contributed by atoms with Crippen molar-refractivity contribution in [3.05, 3.63) is 47.0 Å². The average molecular weight is 363 g/mol. The van der Waals surface area contributed by atoms with E-state index in [0.717, 1.165) is 6.42 Å². The van der Waals surface area contributed by atoms with Crippen molar-refractivity contribution < 1.29 is 0 Å². The van der Waals surface area contributed by atoms with Gasteiger partial charge in [-0.3, -0.25) is 0 Å². The number of hydrogen-bond acceptors (Lipinski definition) is 0. The standard InChI is InChI=1S/C24H39Cl/c1-4-5-6-7-8-9-10-11-12-13-14-22-16-18-23(19-17-22)24(25)20-15-21(2)3/h15-19,24H,4-14,20H2,1-3H3. The lowest BCUT2D eigenvalue weighted by atomic mass is 10.0. The van der Waals surface area contributed by atoms with Gasteiger partial charge in [0.25, 0.3) is 0 Å². The smallest absolute Gasteiger partial charge is 0.0619 e. The molecule has 1 aromatic carbocycles. The first-order valence-electron chi connectivity index (χ1n) is 10.5. The lowest BCUT2D eigenvalue weighted by molar-refractivity contribution is 0.556. The van der Waals surface area contributed by atoms with Gasteiger partial charge in [-0.25, -0.2) is 0 Å². The van der Waals surface area contributed by atoms with Crippen LogP contribution in [0.3, 0.4) is 0 Å². The van der Waals surface area contributed by atoms with Crippen LogP contribution in [0.4, 0.5) is 0 Å². The molecule has 0 heterocycles. The largest absolute Gasteiger partial charge is 0.117 e. The van der Waals surface area contributed by atoms with Gasteiger partial charge in [-0.05, 0) is 44.2 Å². The van der Waals surface area contributed by atoms with E-state index in [0.29, 0.717) is 0 Å². The summed E-state index contributed by atoms with van der Waals surface area (Å²) in [6.07, 6.45) is 18.4. The first-order chi connectivity index (χ1) is 12.1. The molecule has 0 aliphatic rings. The van der Waals surface area contributed by atoms with Crippen molar-refractivity contribution in [3.8, 4) is 0 Å².